The van der Waals surface area contributed by atoms with E-state index in [0.29, 0.717) is 6.42 Å². The molecule has 5 unspecified atom stereocenters. The molecule has 5 atom stereocenters. The average molecular weight is 420 g/mol. The monoisotopic (exact) mass is 420 g/mol. The van der Waals surface area contributed by atoms with Crippen LogP contribution in [0.15, 0.2) is 0 Å². The summed E-state index contributed by atoms with van der Waals surface area (Å²) in [7, 11) is 0. The van der Waals surface area contributed by atoms with Crippen LogP contribution in [0, 0.1) is 5.92 Å². The third kappa shape index (κ3) is 8.57. The normalized spacial score (nSPS) is 16.0. The van der Waals surface area contributed by atoms with Gasteiger partial charge in [0.2, 0.25) is 17.7 Å². The minimum atomic E-state index is -1.46. The van der Waals surface area contributed by atoms with E-state index in [9.17, 15) is 29.1 Å². The zero-order valence-electron chi connectivity index (χ0n) is 16.0. The summed E-state index contributed by atoms with van der Waals surface area (Å²) in [5.41, 5.74) is 5.39. The predicted molar refractivity (Wildman–Crippen MR) is 103 cm³/mol. The van der Waals surface area contributed by atoms with Crippen LogP contribution in [-0.4, -0.2) is 69.8 Å². The molecule has 0 spiro atoms. The number of carboxylic acids is 2. The Kier molecular flexibility index (Phi) is 11.2. The number of amides is 3. The molecule has 0 aliphatic rings. The van der Waals surface area contributed by atoms with Crippen LogP contribution in [0.2, 0.25) is 0 Å². The fraction of sp³-hybridized carbons (Fsp3) is 0.688. The Labute approximate surface area is 168 Å². The van der Waals surface area contributed by atoms with Gasteiger partial charge in [0.1, 0.15) is 18.1 Å². The molecular weight excluding hydrogens is 392 g/mol. The third-order valence-electron chi connectivity index (χ3n) is 4.02. The fourth-order valence-corrected chi connectivity index (χ4v) is 2.35. The van der Waals surface area contributed by atoms with Crippen LogP contribution in [0.1, 0.15) is 33.6 Å². The van der Waals surface area contributed by atoms with Crippen molar-refractivity contribution in [2.24, 2.45) is 11.7 Å². The molecule has 11 nitrogen and oxygen atoms in total. The first kappa shape index (κ1) is 25.7. The van der Waals surface area contributed by atoms with Gasteiger partial charge in [-0.25, -0.2) is 4.79 Å². The number of hydrogen-bond acceptors (Lipinski definition) is 7. The van der Waals surface area contributed by atoms with Crippen molar-refractivity contribution in [3.63, 3.8) is 0 Å². The van der Waals surface area contributed by atoms with Crippen molar-refractivity contribution in [3.05, 3.63) is 0 Å². The van der Waals surface area contributed by atoms with Gasteiger partial charge in [-0.3, -0.25) is 19.2 Å². The number of thiol groups is 1. The summed E-state index contributed by atoms with van der Waals surface area (Å²) in [5, 5.41) is 25.0. The van der Waals surface area contributed by atoms with E-state index in [1.165, 1.54) is 6.92 Å². The summed E-state index contributed by atoms with van der Waals surface area (Å²) in [4.78, 5) is 58.7. The lowest BCUT2D eigenvalue weighted by atomic mass is 9.99. The van der Waals surface area contributed by atoms with Gasteiger partial charge in [-0.1, -0.05) is 20.3 Å². The van der Waals surface area contributed by atoms with Crippen molar-refractivity contribution < 1.29 is 34.2 Å². The molecule has 0 aliphatic heterocycles. The molecule has 0 aliphatic carbocycles. The SMILES string of the molecule is CCC(C)C(NC(=O)C(CS)NC(=O)C(CC(=O)O)NC(=O)C(C)N)C(=O)O. The molecule has 0 bridgehead atoms. The number of hydrogen-bond donors (Lipinski definition) is 7. The van der Waals surface area contributed by atoms with Crippen LogP contribution in [0.4, 0.5) is 0 Å². The van der Waals surface area contributed by atoms with Crippen LogP contribution in [-0.2, 0) is 24.0 Å². The Bertz CT molecular complexity index is 600. The van der Waals surface area contributed by atoms with Crippen LogP contribution in [0.5, 0.6) is 0 Å². The molecule has 7 N–H and O–H groups in total. The quantitative estimate of drug-likeness (QED) is 0.182. The molecular formula is C16H28N4O7S. The summed E-state index contributed by atoms with van der Waals surface area (Å²) >= 11 is 3.97. The lowest BCUT2D eigenvalue weighted by molar-refractivity contribution is -0.144. The summed E-state index contributed by atoms with van der Waals surface area (Å²) in [6.07, 6.45) is -0.227. The maximum Gasteiger partial charge on any atom is 0.326 e. The number of aliphatic carboxylic acids is 2. The fourth-order valence-electron chi connectivity index (χ4n) is 2.09. The molecule has 0 aromatic rings. The minimum Gasteiger partial charge on any atom is -0.481 e. The molecule has 0 radical (unpaired) electrons. The van der Waals surface area contributed by atoms with E-state index < -0.39 is 60.2 Å². The van der Waals surface area contributed by atoms with Crippen LogP contribution in [0.25, 0.3) is 0 Å². The molecule has 3 amide bonds. The van der Waals surface area contributed by atoms with Crippen molar-refractivity contribution in [3.8, 4) is 0 Å². The van der Waals surface area contributed by atoms with Gasteiger partial charge in [-0.15, -0.1) is 0 Å². The zero-order chi connectivity index (χ0) is 22.0. The van der Waals surface area contributed by atoms with Crippen molar-refractivity contribution in [2.75, 3.05) is 5.75 Å². The number of carboxylic acid groups (broad SMARTS) is 2. The molecule has 28 heavy (non-hydrogen) atoms. The number of carbonyl (C=O) groups is 5. The Morgan fingerprint density at radius 3 is 1.82 bits per heavy atom. The van der Waals surface area contributed by atoms with E-state index in [4.69, 9.17) is 10.8 Å². The smallest absolute Gasteiger partial charge is 0.326 e. The molecule has 0 aromatic heterocycles. The molecule has 0 saturated heterocycles. The Balaban J connectivity index is 5.22. The van der Waals surface area contributed by atoms with E-state index in [1.54, 1.807) is 13.8 Å². The first-order valence-corrected chi connectivity index (χ1v) is 9.29. The van der Waals surface area contributed by atoms with Crippen molar-refractivity contribution in [1.82, 2.24) is 16.0 Å². The highest BCUT2D eigenvalue weighted by Crippen LogP contribution is 2.08. The molecule has 0 heterocycles. The van der Waals surface area contributed by atoms with E-state index in [0.717, 1.165) is 0 Å². The summed E-state index contributed by atoms with van der Waals surface area (Å²) in [5.74, 6) is -5.56. The Morgan fingerprint density at radius 2 is 1.43 bits per heavy atom. The lowest BCUT2D eigenvalue weighted by Gasteiger charge is -2.25. The highest BCUT2D eigenvalue weighted by Gasteiger charge is 2.31. The maximum absolute atomic E-state index is 12.4. The number of rotatable bonds is 12. The molecule has 160 valence electrons. The topological polar surface area (TPSA) is 188 Å². The van der Waals surface area contributed by atoms with Crippen LogP contribution in [0.3, 0.4) is 0 Å². The van der Waals surface area contributed by atoms with Gasteiger partial charge in [0, 0.05) is 5.75 Å². The van der Waals surface area contributed by atoms with E-state index in [2.05, 4.69) is 28.6 Å². The molecule has 0 fully saturated rings. The Morgan fingerprint density at radius 1 is 0.929 bits per heavy atom. The average Bonchev–Trinajstić information content (AvgIpc) is 2.61. The van der Waals surface area contributed by atoms with Gasteiger partial charge in [-0.05, 0) is 12.8 Å². The predicted octanol–water partition coefficient (Wildman–Crippen LogP) is -1.68. The highest BCUT2D eigenvalue weighted by atomic mass is 32.1. The van der Waals surface area contributed by atoms with Gasteiger partial charge < -0.3 is 31.9 Å². The van der Waals surface area contributed by atoms with Crippen molar-refractivity contribution >= 4 is 42.3 Å². The number of nitrogens with one attached hydrogen (secondary N) is 3. The van der Waals surface area contributed by atoms with Gasteiger partial charge in [-0.2, -0.15) is 12.6 Å². The van der Waals surface area contributed by atoms with E-state index in [-0.39, 0.29) is 11.7 Å². The van der Waals surface area contributed by atoms with E-state index >= 15 is 0 Å². The standard InChI is InChI=1S/C16H28N4O7S/c1-4-7(2)12(16(26)27)20-15(25)10(6-28)19-14(24)9(5-11(21)22)18-13(23)8(3)17/h7-10,12,28H,4-6,17H2,1-3H3,(H,18,23)(H,19,24)(H,20,25)(H,21,22)(H,26,27). The van der Waals surface area contributed by atoms with Gasteiger partial charge >= 0.3 is 11.9 Å². The molecule has 0 rings (SSSR count). The second-order valence-corrected chi connectivity index (χ2v) is 6.77. The van der Waals surface area contributed by atoms with Crippen LogP contribution < -0.4 is 21.7 Å². The van der Waals surface area contributed by atoms with Crippen molar-refractivity contribution in [2.45, 2.75) is 57.8 Å². The second-order valence-electron chi connectivity index (χ2n) is 6.40. The molecule has 0 aromatic carbocycles. The summed E-state index contributed by atoms with van der Waals surface area (Å²) in [6.45, 7) is 4.78. The maximum atomic E-state index is 12.4. The lowest BCUT2D eigenvalue weighted by Crippen LogP contribution is -2.58. The largest absolute Gasteiger partial charge is 0.481 e. The summed E-state index contributed by atoms with van der Waals surface area (Å²) in [6, 6.07) is -4.83. The number of carbonyl (C=O) groups excluding carboxylic acids is 3. The molecule has 0 saturated carbocycles. The molecule has 12 heteroatoms. The minimum absolute atomic E-state index is 0.175. The van der Waals surface area contributed by atoms with Gasteiger partial charge in [0.05, 0.1) is 12.5 Å². The Hall–Kier alpha value is -2.34. The highest BCUT2D eigenvalue weighted by molar-refractivity contribution is 7.80. The zero-order valence-corrected chi connectivity index (χ0v) is 16.9. The van der Waals surface area contributed by atoms with Gasteiger partial charge in [0.25, 0.3) is 0 Å². The third-order valence-corrected chi connectivity index (χ3v) is 4.38. The van der Waals surface area contributed by atoms with Crippen molar-refractivity contribution in [1.29, 1.82) is 0 Å². The van der Waals surface area contributed by atoms with Crippen LogP contribution >= 0.6 is 12.6 Å². The second kappa shape index (κ2) is 12.2. The first-order valence-electron chi connectivity index (χ1n) is 8.66. The first-order chi connectivity index (χ1) is 12.9. The van der Waals surface area contributed by atoms with E-state index in [1.807, 2.05) is 0 Å². The summed E-state index contributed by atoms with van der Waals surface area (Å²) < 4.78 is 0. The van der Waals surface area contributed by atoms with Gasteiger partial charge in [0.15, 0.2) is 0 Å². The number of nitrogens with two attached hydrogens (primary N) is 1.